The zero-order chi connectivity index (χ0) is 19.4. The maximum atomic E-state index is 13.2. The standard InChI is InChI=1S/C22H30N2OS/c1-21(2,3)15-22(4,5)24-20(25)19(16-11-7-6-8-12-16)26-18-14-10-9-13-17(18)23/h6-14,19H,15,23H2,1-5H3,(H,24,25)/t19-/m1/s1. The lowest BCUT2D eigenvalue weighted by molar-refractivity contribution is -0.122. The van der Waals surface area contributed by atoms with Gasteiger partial charge < -0.3 is 11.1 Å². The molecule has 1 amide bonds. The van der Waals surface area contributed by atoms with Gasteiger partial charge in [0.05, 0.1) is 0 Å². The van der Waals surface area contributed by atoms with Gasteiger partial charge in [-0.25, -0.2) is 0 Å². The molecule has 2 aromatic carbocycles. The number of amides is 1. The molecule has 0 heterocycles. The van der Waals surface area contributed by atoms with E-state index in [1.165, 1.54) is 11.8 Å². The smallest absolute Gasteiger partial charge is 0.238 e. The first-order chi connectivity index (χ1) is 12.1. The molecule has 0 aromatic heterocycles. The molecule has 0 saturated heterocycles. The van der Waals surface area contributed by atoms with Crippen molar-refractivity contribution >= 4 is 23.4 Å². The summed E-state index contributed by atoms with van der Waals surface area (Å²) in [6.07, 6.45) is 0.894. The zero-order valence-electron chi connectivity index (χ0n) is 16.4. The summed E-state index contributed by atoms with van der Waals surface area (Å²) in [4.78, 5) is 14.1. The van der Waals surface area contributed by atoms with Crippen molar-refractivity contribution in [1.29, 1.82) is 0 Å². The first-order valence-corrected chi connectivity index (χ1v) is 9.83. The van der Waals surface area contributed by atoms with Crippen molar-refractivity contribution in [3.8, 4) is 0 Å². The second-order valence-electron chi connectivity index (χ2n) is 8.56. The highest BCUT2D eigenvalue weighted by Crippen LogP contribution is 2.39. The number of thioether (sulfide) groups is 1. The zero-order valence-corrected chi connectivity index (χ0v) is 17.2. The highest BCUT2D eigenvalue weighted by atomic mass is 32.2. The molecule has 0 spiro atoms. The van der Waals surface area contributed by atoms with Gasteiger partial charge in [0.1, 0.15) is 5.25 Å². The summed E-state index contributed by atoms with van der Waals surface area (Å²) in [5.74, 6) is 0.0127. The highest BCUT2D eigenvalue weighted by Gasteiger charge is 2.31. The predicted molar refractivity (Wildman–Crippen MR) is 112 cm³/mol. The van der Waals surface area contributed by atoms with Crippen molar-refractivity contribution in [3.05, 3.63) is 60.2 Å². The van der Waals surface area contributed by atoms with E-state index in [4.69, 9.17) is 5.73 Å². The van der Waals surface area contributed by atoms with Gasteiger partial charge in [0.25, 0.3) is 0 Å². The Morgan fingerprint density at radius 2 is 1.58 bits per heavy atom. The van der Waals surface area contributed by atoms with Gasteiger partial charge in [-0.1, -0.05) is 63.2 Å². The van der Waals surface area contributed by atoms with Gasteiger partial charge in [-0.2, -0.15) is 0 Å². The molecule has 0 saturated carbocycles. The van der Waals surface area contributed by atoms with Crippen LogP contribution < -0.4 is 11.1 Å². The van der Waals surface area contributed by atoms with E-state index in [1.54, 1.807) is 0 Å². The van der Waals surface area contributed by atoms with Crippen molar-refractivity contribution in [2.45, 2.75) is 56.7 Å². The van der Waals surface area contributed by atoms with Crippen LogP contribution in [0.1, 0.15) is 51.9 Å². The van der Waals surface area contributed by atoms with Crippen molar-refractivity contribution in [2.24, 2.45) is 5.41 Å². The number of nitrogens with two attached hydrogens (primary N) is 1. The monoisotopic (exact) mass is 370 g/mol. The number of hydrogen-bond acceptors (Lipinski definition) is 3. The number of carbonyl (C=O) groups is 1. The van der Waals surface area contributed by atoms with Gasteiger partial charge in [-0.05, 0) is 43.4 Å². The van der Waals surface area contributed by atoms with Gasteiger partial charge in [-0.15, -0.1) is 11.8 Å². The number of para-hydroxylation sites is 1. The fraction of sp³-hybridized carbons (Fsp3) is 0.409. The molecule has 0 unspecified atom stereocenters. The first-order valence-electron chi connectivity index (χ1n) is 8.96. The minimum atomic E-state index is -0.347. The lowest BCUT2D eigenvalue weighted by Crippen LogP contribution is -2.47. The molecule has 3 N–H and O–H groups in total. The average molecular weight is 371 g/mol. The topological polar surface area (TPSA) is 55.1 Å². The van der Waals surface area contributed by atoms with E-state index < -0.39 is 0 Å². The molecule has 0 radical (unpaired) electrons. The normalized spacial score (nSPS) is 13.3. The van der Waals surface area contributed by atoms with E-state index in [-0.39, 0.29) is 22.1 Å². The molecule has 0 aliphatic rings. The Balaban J connectivity index is 2.26. The Bertz CT molecular complexity index is 735. The summed E-state index contributed by atoms with van der Waals surface area (Å²) in [5, 5.41) is 2.90. The lowest BCUT2D eigenvalue weighted by atomic mass is 9.81. The molecule has 0 aliphatic heterocycles. The molecular weight excluding hydrogens is 340 g/mol. The van der Waals surface area contributed by atoms with Crippen LogP contribution in [-0.4, -0.2) is 11.4 Å². The molecule has 4 heteroatoms. The van der Waals surface area contributed by atoms with E-state index in [0.29, 0.717) is 5.69 Å². The summed E-state index contributed by atoms with van der Waals surface area (Å²) < 4.78 is 0. The van der Waals surface area contributed by atoms with Crippen molar-refractivity contribution in [1.82, 2.24) is 5.32 Å². The van der Waals surface area contributed by atoms with Crippen LogP contribution in [0.5, 0.6) is 0 Å². The Morgan fingerprint density at radius 3 is 2.15 bits per heavy atom. The summed E-state index contributed by atoms with van der Waals surface area (Å²) in [6, 6.07) is 17.6. The fourth-order valence-electron chi connectivity index (χ4n) is 3.38. The van der Waals surface area contributed by atoms with Crippen LogP contribution in [0.25, 0.3) is 0 Å². The molecule has 0 bridgehead atoms. The van der Waals surface area contributed by atoms with E-state index in [2.05, 4.69) is 39.9 Å². The molecule has 140 valence electrons. The number of nitrogen functional groups attached to an aromatic ring is 1. The third-order valence-corrected chi connectivity index (χ3v) is 5.29. The van der Waals surface area contributed by atoms with Gasteiger partial charge in [0, 0.05) is 16.1 Å². The van der Waals surface area contributed by atoms with Crippen LogP contribution in [0.3, 0.4) is 0 Å². The number of anilines is 1. The fourth-order valence-corrected chi connectivity index (χ4v) is 4.46. The molecule has 2 rings (SSSR count). The third kappa shape index (κ3) is 6.10. The van der Waals surface area contributed by atoms with Crippen LogP contribution in [0, 0.1) is 5.41 Å². The number of nitrogens with one attached hydrogen (secondary N) is 1. The van der Waals surface area contributed by atoms with Gasteiger partial charge in [-0.3, -0.25) is 4.79 Å². The van der Waals surface area contributed by atoms with Crippen LogP contribution >= 0.6 is 11.8 Å². The number of rotatable bonds is 6. The van der Waals surface area contributed by atoms with E-state index in [1.807, 2.05) is 54.6 Å². The van der Waals surface area contributed by atoms with Crippen LogP contribution in [0.2, 0.25) is 0 Å². The Labute approximate surface area is 161 Å². The quantitative estimate of drug-likeness (QED) is 0.526. The Morgan fingerprint density at radius 1 is 1.00 bits per heavy atom. The summed E-state index contributed by atoms with van der Waals surface area (Å²) in [7, 11) is 0. The third-order valence-electron chi connectivity index (χ3n) is 3.94. The van der Waals surface area contributed by atoms with Gasteiger partial charge in [0.2, 0.25) is 5.91 Å². The largest absolute Gasteiger partial charge is 0.398 e. The highest BCUT2D eigenvalue weighted by molar-refractivity contribution is 8.00. The summed E-state index contributed by atoms with van der Waals surface area (Å²) in [5.41, 5.74) is 7.62. The Hall–Kier alpha value is -1.94. The molecule has 0 fully saturated rings. The van der Waals surface area contributed by atoms with Crippen molar-refractivity contribution in [3.63, 3.8) is 0 Å². The predicted octanol–water partition coefficient (Wildman–Crippen LogP) is 5.43. The van der Waals surface area contributed by atoms with Crippen LogP contribution in [0.4, 0.5) is 5.69 Å². The Kier molecular flexibility index (Phi) is 6.40. The number of benzene rings is 2. The van der Waals surface area contributed by atoms with Gasteiger partial charge >= 0.3 is 0 Å². The van der Waals surface area contributed by atoms with Crippen LogP contribution in [-0.2, 0) is 4.79 Å². The maximum absolute atomic E-state index is 13.2. The van der Waals surface area contributed by atoms with Gasteiger partial charge in [0.15, 0.2) is 0 Å². The lowest BCUT2D eigenvalue weighted by Gasteiger charge is -2.34. The summed E-state index contributed by atoms with van der Waals surface area (Å²) in [6.45, 7) is 10.7. The summed E-state index contributed by atoms with van der Waals surface area (Å²) >= 11 is 1.50. The van der Waals surface area contributed by atoms with Crippen molar-refractivity contribution in [2.75, 3.05) is 5.73 Å². The average Bonchev–Trinajstić information content (AvgIpc) is 2.52. The number of carbonyl (C=O) groups excluding carboxylic acids is 1. The molecule has 2 aromatic rings. The van der Waals surface area contributed by atoms with Crippen molar-refractivity contribution < 1.29 is 4.79 Å². The second-order valence-corrected chi connectivity index (χ2v) is 9.70. The minimum absolute atomic E-state index is 0.0127. The minimum Gasteiger partial charge on any atom is -0.398 e. The van der Waals surface area contributed by atoms with Crippen LogP contribution in [0.15, 0.2) is 59.5 Å². The van der Waals surface area contributed by atoms with E-state index in [9.17, 15) is 4.79 Å². The second kappa shape index (κ2) is 8.17. The molecule has 26 heavy (non-hydrogen) atoms. The molecule has 1 atom stereocenters. The SMILES string of the molecule is CC(C)(C)CC(C)(C)NC(=O)[C@H](Sc1ccccc1N)c1ccccc1. The maximum Gasteiger partial charge on any atom is 0.238 e. The first kappa shape index (κ1) is 20.4. The molecular formula is C22H30N2OS. The molecule has 0 aliphatic carbocycles. The van der Waals surface area contributed by atoms with E-state index in [0.717, 1.165) is 16.9 Å². The molecule has 3 nitrogen and oxygen atoms in total. The number of hydrogen-bond donors (Lipinski definition) is 2. The van der Waals surface area contributed by atoms with E-state index >= 15 is 0 Å².